The van der Waals surface area contributed by atoms with Crippen LogP contribution in [0, 0.1) is 0 Å². The van der Waals surface area contributed by atoms with Crippen molar-refractivity contribution in [1.29, 1.82) is 0 Å². The van der Waals surface area contributed by atoms with E-state index in [2.05, 4.69) is 36.7 Å². The molecule has 4 rings (SSSR count). The molecule has 0 fully saturated rings. The van der Waals surface area contributed by atoms with E-state index in [-0.39, 0.29) is 5.91 Å². The van der Waals surface area contributed by atoms with E-state index in [4.69, 9.17) is 4.98 Å². The molecule has 0 bridgehead atoms. The number of carbonyl (C=O) groups excluding carboxylic acids is 1. The fourth-order valence-electron chi connectivity index (χ4n) is 3.07. The second-order valence-corrected chi connectivity index (χ2v) is 8.07. The van der Waals surface area contributed by atoms with Crippen molar-refractivity contribution in [2.24, 2.45) is 0 Å². The van der Waals surface area contributed by atoms with Crippen molar-refractivity contribution in [2.45, 2.75) is 19.8 Å². The maximum Gasteiger partial charge on any atom is 0.255 e. The van der Waals surface area contributed by atoms with Gasteiger partial charge in [-0.2, -0.15) is 0 Å². The lowest BCUT2D eigenvalue weighted by Crippen LogP contribution is -2.11. The van der Waals surface area contributed by atoms with E-state index in [1.807, 2.05) is 66.7 Å². The number of nitrogens with one attached hydrogen (secondary N) is 1. The number of anilines is 1. The third kappa shape index (κ3) is 4.44. The average molecular weight is 399 g/mol. The van der Waals surface area contributed by atoms with Gasteiger partial charge in [-0.1, -0.05) is 68.4 Å². The van der Waals surface area contributed by atoms with Gasteiger partial charge in [-0.15, -0.1) is 11.3 Å². The predicted octanol–water partition coefficient (Wildman–Crippen LogP) is 6.85. The zero-order chi connectivity index (χ0) is 20.2. The van der Waals surface area contributed by atoms with Crippen LogP contribution in [0.5, 0.6) is 0 Å². The largest absolute Gasteiger partial charge is 0.322 e. The SMILES string of the molecule is CC(C)c1ccc(C(=O)Nc2ccc(-c3csc(-c4ccccc4)n3)cc2)cc1. The third-order valence-electron chi connectivity index (χ3n) is 4.80. The first-order valence-corrected chi connectivity index (χ1v) is 10.5. The van der Waals surface area contributed by atoms with Crippen LogP contribution >= 0.6 is 11.3 Å². The fraction of sp³-hybridized carbons (Fsp3) is 0.120. The Morgan fingerprint density at radius 1 is 0.862 bits per heavy atom. The second kappa shape index (κ2) is 8.41. The Morgan fingerprint density at radius 2 is 1.55 bits per heavy atom. The third-order valence-corrected chi connectivity index (χ3v) is 5.69. The van der Waals surface area contributed by atoms with Crippen LogP contribution in [0.2, 0.25) is 0 Å². The van der Waals surface area contributed by atoms with E-state index in [1.54, 1.807) is 11.3 Å². The van der Waals surface area contributed by atoms with Gasteiger partial charge in [0.15, 0.2) is 0 Å². The van der Waals surface area contributed by atoms with Gasteiger partial charge < -0.3 is 5.32 Å². The average Bonchev–Trinajstić information content (AvgIpc) is 3.25. The van der Waals surface area contributed by atoms with Gasteiger partial charge in [0.05, 0.1) is 5.69 Å². The summed E-state index contributed by atoms with van der Waals surface area (Å²) in [6.45, 7) is 4.28. The Morgan fingerprint density at radius 3 is 2.21 bits per heavy atom. The first kappa shape index (κ1) is 19.1. The highest BCUT2D eigenvalue weighted by atomic mass is 32.1. The number of nitrogens with zero attached hydrogens (tertiary/aromatic N) is 1. The minimum absolute atomic E-state index is 0.104. The summed E-state index contributed by atoms with van der Waals surface area (Å²) >= 11 is 1.63. The molecule has 0 saturated heterocycles. The van der Waals surface area contributed by atoms with Gasteiger partial charge in [0.25, 0.3) is 5.91 Å². The maximum absolute atomic E-state index is 12.5. The zero-order valence-electron chi connectivity index (χ0n) is 16.4. The Bertz CT molecular complexity index is 1100. The van der Waals surface area contributed by atoms with Gasteiger partial charge in [0.1, 0.15) is 5.01 Å². The second-order valence-electron chi connectivity index (χ2n) is 7.21. The maximum atomic E-state index is 12.5. The number of hydrogen-bond acceptors (Lipinski definition) is 3. The smallest absolute Gasteiger partial charge is 0.255 e. The van der Waals surface area contributed by atoms with Crippen molar-refractivity contribution in [3.63, 3.8) is 0 Å². The molecule has 0 atom stereocenters. The van der Waals surface area contributed by atoms with Crippen molar-refractivity contribution in [3.8, 4) is 21.8 Å². The molecule has 1 heterocycles. The molecule has 4 aromatic rings. The van der Waals surface area contributed by atoms with E-state index < -0.39 is 0 Å². The van der Waals surface area contributed by atoms with E-state index >= 15 is 0 Å². The molecular weight excluding hydrogens is 376 g/mol. The highest BCUT2D eigenvalue weighted by Gasteiger charge is 2.09. The number of hydrogen-bond donors (Lipinski definition) is 1. The molecule has 0 unspecified atom stereocenters. The van der Waals surface area contributed by atoms with E-state index in [9.17, 15) is 4.79 Å². The quantitative estimate of drug-likeness (QED) is 0.399. The number of benzene rings is 3. The van der Waals surface area contributed by atoms with Crippen molar-refractivity contribution >= 4 is 22.9 Å². The van der Waals surface area contributed by atoms with Crippen LogP contribution in [0.3, 0.4) is 0 Å². The number of thiazole rings is 1. The van der Waals surface area contributed by atoms with Gasteiger partial charge in [0, 0.05) is 27.8 Å². The molecule has 4 heteroatoms. The fourth-order valence-corrected chi connectivity index (χ4v) is 3.90. The molecule has 3 nitrogen and oxygen atoms in total. The lowest BCUT2D eigenvalue weighted by molar-refractivity contribution is 0.102. The molecule has 0 saturated carbocycles. The molecule has 0 aliphatic carbocycles. The molecule has 3 aromatic carbocycles. The summed E-state index contributed by atoms with van der Waals surface area (Å²) < 4.78 is 0. The standard InChI is InChI=1S/C25H22N2OS/c1-17(2)18-8-10-20(11-9-18)24(28)26-22-14-12-19(13-15-22)23-16-29-25(27-23)21-6-4-3-5-7-21/h3-17H,1-2H3,(H,26,28). The van der Waals surface area contributed by atoms with Crippen LogP contribution in [0.15, 0.2) is 84.2 Å². The number of rotatable bonds is 5. The molecule has 1 N–H and O–H groups in total. The van der Waals surface area contributed by atoms with Crippen molar-refractivity contribution in [3.05, 3.63) is 95.4 Å². The summed E-state index contributed by atoms with van der Waals surface area (Å²) in [6.07, 6.45) is 0. The van der Waals surface area contributed by atoms with Gasteiger partial charge >= 0.3 is 0 Å². The minimum atomic E-state index is -0.104. The van der Waals surface area contributed by atoms with Crippen molar-refractivity contribution in [1.82, 2.24) is 4.98 Å². The van der Waals surface area contributed by atoms with Gasteiger partial charge in [-0.05, 0) is 35.7 Å². The molecule has 1 aromatic heterocycles. The summed E-state index contributed by atoms with van der Waals surface area (Å²) in [5.74, 6) is 0.348. The summed E-state index contributed by atoms with van der Waals surface area (Å²) in [5, 5.41) is 6.02. The Kier molecular flexibility index (Phi) is 5.54. The molecule has 1 amide bonds. The first-order valence-electron chi connectivity index (χ1n) is 9.63. The minimum Gasteiger partial charge on any atom is -0.322 e. The molecular formula is C25H22N2OS. The molecule has 0 spiro atoms. The zero-order valence-corrected chi connectivity index (χ0v) is 17.2. The van der Waals surface area contributed by atoms with Crippen LogP contribution in [-0.2, 0) is 0 Å². The highest BCUT2D eigenvalue weighted by molar-refractivity contribution is 7.13. The Hall–Kier alpha value is -3.24. The van der Waals surface area contributed by atoms with Crippen LogP contribution in [0.25, 0.3) is 21.8 Å². The van der Waals surface area contributed by atoms with Gasteiger partial charge in [-0.25, -0.2) is 4.98 Å². The van der Waals surface area contributed by atoms with E-state index in [0.29, 0.717) is 11.5 Å². The number of carbonyl (C=O) groups is 1. The van der Waals surface area contributed by atoms with Crippen LogP contribution in [0.4, 0.5) is 5.69 Å². The van der Waals surface area contributed by atoms with E-state index in [1.165, 1.54) is 5.56 Å². The molecule has 29 heavy (non-hydrogen) atoms. The normalized spacial score (nSPS) is 10.9. The first-order chi connectivity index (χ1) is 14.1. The lowest BCUT2D eigenvalue weighted by atomic mass is 10.0. The topological polar surface area (TPSA) is 42.0 Å². The van der Waals surface area contributed by atoms with Crippen LogP contribution in [-0.4, -0.2) is 10.9 Å². The summed E-state index contributed by atoms with van der Waals surface area (Å²) in [5.41, 5.74) is 5.74. The lowest BCUT2D eigenvalue weighted by Gasteiger charge is -2.08. The summed E-state index contributed by atoms with van der Waals surface area (Å²) in [7, 11) is 0. The highest BCUT2D eigenvalue weighted by Crippen LogP contribution is 2.29. The van der Waals surface area contributed by atoms with Crippen LogP contribution in [0.1, 0.15) is 35.7 Å². The molecule has 0 aliphatic rings. The number of aromatic nitrogens is 1. The molecule has 0 radical (unpaired) electrons. The molecule has 144 valence electrons. The van der Waals surface area contributed by atoms with Crippen molar-refractivity contribution in [2.75, 3.05) is 5.32 Å². The summed E-state index contributed by atoms with van der Waals surface area (Å²) in [6, 6.07) is 25.7. The van der Waals surface area contributed by atoms with Crippen LogP contribution < -0.4 is 5.32 Å². The van der Waals surface area contributed by atoms with Crippen molar-refractivity contribution < 1.29 is 4.79 Å². The van der Waals surface area contributed by atoms with Gasteiger partial charge in [0.2, 0.25) is 0 Å². The monoisotopic (exact) mass is 398 g/mol. The predicted molar refractivity (Wildman–Crippen MR) is 121 cm³/mol. The summed E-state index contributed by atoms with van der Waals surface area (Å²) in [4.78, 5) is 17.2. The Labute approximate surface area is 175 Å². The molecule has 0 aliphatic heterocycles. The van der Waals surface area contributed by atoms with Gasteiger partial charge in [-0.3, -0.25) is 4.79 Å². The van der Waals surface area contributed by atoms with E-state index in [0.717, 1.165) is 27.5 Å². The Balaban J connectivity index is 1.45. The number of amides is 1.